The fourth-order valence-electron chi connectivity index (χ4n) is 1.38. The minimum atomic E-state index is -0.580. The summed E-state index contributed by atoms with van der Waals surface area (Å²) in [6.07, 6.45) is 0. The van der Waals surface area contributed by atoms with Crippen molar-refractivity contribution in [3.05, 3.63) is 34.9 Å². The Bertz CT molecular complexity index is 358. The van der Waals surface area contributed by atoms with E-state index >= 15 is 0 Å². The van der Waals surface area contributed by atoms with Crippen LogP contribution in [0.15, 0.2) is 24.3 Å². The number of nitrogens with two attached hydrogens (primary N) is 1. The molecule has 0 aliphatic rings. The van der Waals surface area contributed by atoms with Gasteiger partial charge in [0, 0.05) is 18.7 Å². The first-order chi connectivity index (χ1) is 7.66. The number of ether oxygens (including phenoxy) is 1. The van der Waals surface area contributed by atoms with E-state index in [1.807, 2.05) is 6.07 Å². The van der Waals surface area contributed by atoms with Crippen LogP contribution in [0.1, 0.15) is 11.6 Å². The van der Waals surface area contributed by atoms with Crippen molar-refractivity contribution in [1.29, 1.82) is 0 Å². The summed E-state index contributed by atoms with van der Waals surface area (Å²) in [6.45, 7) is 1.05. The molecule has 5 heteroatoms. The molecule has 0 aliphatic heterocycles. The summed E-state index contributed by atoms with van der Waals surface area (Å²) in [5.41, 5.74) is 6.01. The molecule has 0 spiro atoms. The second-order valence-electron chi connectivity index (χ2n) is 3.30. The Balaban J connectivity index is 2.78. The van der Waals surface area contributed by atoms with E-state index in [0.717, 1.165) is 0 Å². The summed E-state index contributed by atoms with van der Waals surface area (Å²) in [5.74, 6) is -0.454. The topological polar surface area (TPSA) is 64.3 Å². The van der Waals surface area contributed by atoms with Gasteiger partial charge >= 0.3 is 0 Å². The molecule has 0 heterocycles. The van der Waals surface area contributed by atoms with Crippen molar-refractivity contribution in [2.24, 2.45) is 5.73 Å². The molecule has 0 saturated heterocycles. The molecule has 0 aliphatic carbocycles. The molecule has 16 heavy (non-hydrogen) atoms. The Hall–Kier alpha value is -1.10. The van der Waals surface area contributed by atoms with Gasteiger partial charge in [-0.25, -0.2) is 0 Å². The van der Waals surface area contributed by atoms with E-state index in [1.165, 1.54) is 0 Å². The molecule has 88 valence electrons. The van der Waals surface area contributed by atoms with Gasteiger partial charge in [0.2, 0.25) is 5.91 Å². The molecule has 0 saturated carbocycles. The third-order valence-electron chi connectivity index (χ3n) is 2.16. The van der Waals surface area contributed by atoms with Gasteiger partial charge in [-0.15, -0.1) is 0 Å². The Morgan fingerprint density at radius 1 is 1.56 bits per heavy atom. The second kappa shape index (κ2) is 6.48. The number of halogens is 1. The van der Waals surface area contributed by atoms with Crippen LogP contribution in [0.2, 0.25) is 5.02 Å². The molecule has 1 atom stereocenters. The summed E-state index contributed by atoms with van der Waals surface area (Å²) in [7, 11) is 1.59. The lowest BCUT2D eigenvalue weighted by Gasteiger charge is -2.16. The quantitative estimate of drug-likeness (QED) is 0.735. The molecule has 1 aromatic carbocycles. The normalized spacial score (nSPS) is 12.4. The maximum absolute atomic E-state index is 11.3. The van der Waals surface area contributed by atoms with Gasteiger partial charge in [0.05, 0.1) is 6.61 Å². The number of rotatable bonds is 6. The lowest BCUT2D eigenvalue weighted by atomic mass is 10.1. The zero-order valence-corrected chi connectivity index (χ0v) is 9.83. The maximum atomic E-state index is 11.3. The third-order valence-corrected chi connectivity index (χ3v) is 2.50. The SMILES string of the molecule is COCCNC(C(N)=O)c1ccccc1Cl. The standard InChI is InChI=1S/C11H15ClN2O2/c1-16-7-6-14-10(11(13)15)8-4-2-3-5-9(8)12/h2-5,10,14H,6-7H2,1H3,(H2,13,15). The van der Waals surface area contributed by atoms with Gasteiger partial charge in [-0.1, -0.05) is 29.8 Å². The first kappa shape index (κ1) is 13.0. The molecule has 0 radical (unpaired) electrons. The van der Waals surface area contributed by atoms with Crippen molar-refractivity contribution >= 4 is 17.5 Å². The molecule has 1 amide bonds. The van der Waals surface area contributed by atoms with Crippen LogP contribution in [0.25, 0.3) is 0 Å². The van der Waals surface area contributed by atoms with E-state index in [-0.39, 0.29) is 0 Å². The fraction of sp³-hybridized carbons (Fsp3) is 0.364. The Labute approximate surface area is 99.7 Å². The number of carbonyl (C=O) groups excluding carboxylic acids is 1. The van der Waals surface area contributed by atoms with Crippen LogP contribution < -0.4 is 11.1 Å². The highest BCUT2D eigenvalue weighted by Crippen LogP contribution is 2.22. The number of primary amides is 1. The van der Waals surface area contributed by atoms with Crippen LogP contribution in [-0.2, 0) is 9.53 Å². The number of hydrogen-bond donors (Lipinski definition) is 2. The first-order valence-electron chi connectivity index (χ1n) is 4.93. The Morgan fingerprint density at radius 3 is 2.81 bits per heavy atom. The smallest absolute Gasteiger partial charge is 0.239 e. The van der Waals surface area contributed by atoms with Crippen molar-refractivity contribution in [3.63, 3.8) is 0 Å². The minimum absolute atomic E-state index is 0.454. The zero-order valence-electron chi connectivity index (χ0n) is 9.07. The van der Waals surface area contributed by atoms with Gasteiger partial charge in [0.15, 0.2) is 0 Å². The monoisotopic (exact) mass is 242 g/mol. The van der Waals surface area contributed by atoms with E-state index in [9.17, 15) is 4.79 Å². The number of methoxy groups -OCH3 is 1. The van der Waals surface area contributed by atoms with Crippen molar-refractivity contribution in [2.75, 3.05) is 20.3 Å². The van der Waals surface area contributed by atoms with E-state index in [2.05, 4.69) is 5.32 Å². The minimum Gasteiger partial charge on any atom is -0.383 e. The van der Waals surface area contributed by atoms with Gasteiger partial charge in [0.25, 0.3) is 0 Å². The van der Waals surface area contributed by atoms with Crippen LogP contribution in [0, 0.1) is 0 Å². The third kappa shape index (κ3) is 3.48. The predicted molar refractivity (Wildman–Crippen MR) is 63.3 cm³/mol. The number of benzene rings is 1. The highest BCUT2D eigenvalue weighted by Gasteiger charge is 2.18. The van der Waals surface area contributed by atoms with Crippen molar-refractivity contribution in [3.8, 4) is 0 Å². The molecular formula is C11H15ClN2O2. The molecule has 0 aromatic heterocycles. The van der Waals surface area contributed by atoms with Crippen molar-refractivity contribution in [2.45, 2.75) is 6.04 Å². The summed E-state index contributed by atoms with van der Waals surface area (Å²) < 4.78 is 4.89. The number of nitrogens with one attached hydrogen (secondary N) is 1. The zero-order chi connectivity index (χ0) is 12.0. The second-order valence-corrected chi connectivity index (χ2v) is 3.71. The van der Waals surface area contributed by atoms with Gasteiger partial charge in [-0.3, -0.25) is 10.1 Å². The highest BCUT2D eigenvalue weighted by atomic mass is 35.5. The molecule has 0 bridgehead atoms. The molecule has 0 fully saturated rings. The maximum Gasteiger partial charge on any atom is 0.239 e. The average molecular weight is 243 g/mol. The summed E-state index contributed by atoms with van der Waals surface area (Å²) in [4.78, 5) is 11.3. The van der Waals surface area contributed by atoms with Gasteiger partial charge in [-0.05, 0) is 11.6 Å². The van der Waals surface area contributed by atoms with Gasteiger partial charge < -0.3 is 10.5 Å². The van der Waals surface area contributed by atoms with E-state index in [4.69, 9.17) is 22.1 Å². The molecule has 4 nitrogen and oxygen atoms in total. The summed E-state index contributed by atoms with van der Waals surface area (Å²) in [6, 6.07) is 6.54. The largest absolute Gasteiger partial charge is 0.383 e. The van der Waals surface area contributed by atoms with Crippen molar-refractivity contribution in [1.82, 2.24) is 5.32 Å². The first-order valence-corrected chi connectivity index (χ1v) is 5.30. The Morgan fingerprint density at radius 2 is 2.25 bits per heavy atom. The summed E-state index contributed by atoms with van der Waals surface area (Å²) >= 11 is 6.00. The lowest BCUT2D eigenvalue weighted by Crippen LogP contribution is -2.35. The predicted octanol–water partition coefficient (Wildman–Crippen LogP) is 1.10. The number of carbonyl (C=O) groups is 1. The van der Waals surface area contributed by atoms with E-state index in [1.54, 1.807) is 25.3 Å². The molecule has 1 rings (SSSR count). The van der Waals surface area contributed by atoms with E-state index in [0.29, 0.717) is 23.7 Å². The van der Waals surface area contributed by atoms with Gasteiger partial charge in [0.1, 0.15) is 6.04 Å². The van der Waals surface area contributed by atoms with Crippen LogP contribution in [-0.4, -0.2) is 26.2 Å². The number of amides is 1. The lowest BCUT2D eigenvalue weighted by molar-refractivity contribution is -0.120. The van der Waals surface area contributed by atoms with Crippen LogP contribution in [0.5, 0.6) is 0 Å². The Kier molecular flexibility index (Phi) is 5.25. The van der Waals surface area contributed by atoms with Crippen molar-refractivity contribution < 1.29 is 9.53 Å². The van der Waals surface area contributed by atoms with Crippen LogP contribution in [0.3, 0.4) is 0 Å². The molecule has 1 aromatic rings. The fourth-order valence-corrected chi connectivity index (χ4v) is 1.62. The van der Waals surface area contributed by atoms with Crippen LogP contribution >= 0.6 is 11.6 Å². The molecular weight excluding hydrogens is 228 g/mol. The highest BCUT2D eigenvalue weighted by molar-refractivity contribution is 6.31. The average Bonchev–Trinajstić information content (AvgIpc) is 2.25. The number of hydrogen-bond acceptors (Lipinski definition) is 3. The van der Waals surface area contributed by atoms with Gasteiger partial charge in [-0.2, -0.15) is 0 Å². The molecule has 3 N–H and O–H groups in total. The summed E-state index contributed by atoms with van der Waals surface area (Å²) in [5, 5.41) is 3.52. The molecule has 1 unspecified atom stereocenters. The van der Waals surface area contributed by atoms with E-state index < -0.39 is 11.9 Å². The van der Waals surface area contributed by atoms with Crippen LogP contribution in [0.4, 0.5) is 0 Å².